The molecule has 0 unspecified atom stereocenters. The number of imidazole rings is 1. The van der Waals surface area contributed by atoms with E-state index >= 15 is 0 Å². The molecule has 2 aromatic carbocycles. The highest BCUT2D eigenvalue weighted by Gasteiger charge is 2.16. The van der Waals surface area contributed by atoms with E-state index in [4.69, 9.17) is 0 Å². The van der Waals surface area contributed by atoms with Crippen LogP contribution in [0.2, 0.25) is 0 Å². The van der Waals surface area contributed by atoms with Crippen molar-refractivity contribution in [3.8, 4) is 0 Å². The fourth-order valence-corrected chi connectivity index (χ4v) is 3.07. The highest BCUT2D eigenvalue weighted by atomic mass is 16.1. The van der Waals surface area contributed by atoms with Gasteiger partial charge in [-0.15, -0.1) is 0 Å². The van der Waals surface area contributed by atoms with E-state index in [1.54, 1.807) is 0 Å². The SMILES string of the molecule is CN(C)Cc1ccc(C(=O)NC2=NCC(c3nc4ccccc4[nH]3)=C2)cc1. The lowest BCUT2D eigenvalue weighted by Crippen LogP contribution is -2.28. The van der Waals surface area contributed by atoms with Gasteiger partial charge >= 0.3 is 0 Å². The first kappa shape index (κ1) is 17.2. The summed E-state index contributed by atoms with van der Waals surface area (Å²) in [6.45, 7) is 1.34. The molecule has 27 heavy (non-hydrogen) atoms. The summed E-state index contributed by atoms with van der Waals surface area (Å²) in [5.74, 6) is 1.19. The van der Waals surface area contributed by atoms with E-state index in [0.29, 0.717) is 17.9 Å². The summed E-state index contributed by atoms with van der Waals surface area (Å²) in [5, 5.41) is 2.87. The van der Waals surface area contributed by atoms with E-state index < -0.39 is 0 Å². The molecule has 0 radical (unpaired) electrons. The molecule has 0 spiro atoms. The van der Waals surface area contributed by atoms with Gasteiger partial charge in [-0.05, 0) is 50.0 Å². The highest BCUT2D eigenvalue weighted by Crippen LogP contribution is 2.20. The normalized spacial score (nSPS) is 13.7. The Morgan fingerprint density at radius 1 is 1.15 bits per heavy atom. The molecular weight excluding hydrogens is 338 g/mol. The number of amides is 1. The summed E-state index contributed by atoms with van der Waals surface area (Å²) < 4.78 is 0. The second-order valence-electron chi connectivity index (χ2n) is 6.86. The van der Waals surface area contributed by atoms with Gasteiger partial charge in [-0.25, -0.2) is 4.98 Å². The minimum absolute atomic E-state index is 0.160. The maximum absolute atomic E-state index is 12.5. The lowest BCUT2D eigenvalue weighted by molar-refractivity contribution is 0.0977. The van der Waals surface area contributed by atoms with E-state index in [1.807, 2.05) is 68.7 Å². The van der Waals surface area contributed by atoms with Gasteiger partial charge in [-0.3, -0.25) is 9.79 Å². The van der Waals surface area contributed by atoms with Crippen LogP contribution in [0.3, 0.4) is 0 Å². The van der Waals surface area contributed by atoms with E-state index in [9.17, 15) is 4.79 Å². The maximum atomic E-state index is 12.5. The van der Waals surface area contributed by atoms with Crippen LogP contribution in [0, 0.1) is 0 Å². The van der Waals surface area contributed by atoms with Crippen molar-refractivity contribution in [2.45, 2.75) is 6.54 Å². The van der Waals surface area contributed by atoms with Gasteiger partial charge in [-0.2, -0.15) is 0 Å². The largest absolute Gasteiger partial charge is 0.338 e. The van der Waals surface area contributed by atoms with Crippen molar-refractivity contribution >= 4 is 28.3 Å². The fraction of sp³-hybridized carbons (Fsp3) is 0.190. The number of rotatable bonds is 4. The van der Waals surface area contributed by atoms with Gasteiger partial charge in [0.1, 0.15) is 11.7 Å². The number of nitrogens with zero attached hydrogens (tertiary/aromatic N) is 3. The number of aliphatic imine (C=N–C) groups is 1. The first-order valence-electron chi connectivity index (χ1n) is 8.84. The average molecular weight is 359 g/mol. The van der Waals surface area contributed by atoms with Gasteiger partial charge in [-0.1, -0.05) is 24.3 Å². The molecule has 3 aromatic rings. The number of fused-ring (bicyclic) bond motifs is 1. The molecule has 1 aliphatic rings. The third kappa shape index (κ3) is 3.80. The van der Waals surface area contributed by atoms with Crippen LogP contribution in [0.1, 0.15) is 21.7 Å². The Morgan fingerprint density at radius 2 is 1.93 bits per heavy atom. The zero-order chi connectivity index (χ0) is 18.8. The first-order valence-corrected chi connectivity index (χ1v) is 8.84. The number of para-hydroxylation sites is 2. The smallest absolute Gasteiger partial charge is 0.256 e. The summed E-state index contributed by atoms with van der Waals surface area (Å²) in [6, 6.07) is 15.5. The Kier molecular flexibility index (Phi) is 4.56. The quantitative estimate of drug-likeness (QED) is 0.752. The molecule has 0 atom stereocenters. The minimum Gasteiger partial charge on any atom is -0.338 e. The number of H-pyrrole nitrogens is 1. The number of benzene rings is 2. The van der Waals surface area contributed by atoms with Crippen LogP contribution in [0.25, 0.3) is 16.6 Å². The summed E-state index contributed by atoms with van der Waals surface area (Å²) in [5.41, 5.74) is 4.66. The van der Waals surface area contributed by atoms with Gasteiger partial charge in [0.05, 0.1) is 17.6 Å². The van der Waals surface area contributed by atoms with Crippen molar-refractivity contribution in [1.82, 2.24) is 20.2 Å². The lowest BCUT2D eigenvalue weighted by atomic mass is 10.1. The second-order valence-corrected chi connectivity index (χ2v) is 6.86. The summed E-state index contributed by atoms with van der Waals surface area (Å²) >= 11 is 0. The average Bonchev–Trinajstić information content (AvgIpc) is 3.28. The Balaban J connectivity index is 1.44. The molecule has 2 N–H and O–H groups in total. The molecule has 0 saturated heterocycles. The van der Waals surface area contributed by atoms with Gasteiger partial charge in [0.15, 0.2) is 0 Å². The van der Waals surface area contributed by atoms with E-state index in [0.717, 1.165) is 29.0 Å². The number of hydrogen-bond acceptors (Lipinski definition) is 4. The van der Waals surface area contributed by atoms with Gasteiger partial charge < -0.3 is 15.2 Å². The minimum atomic E-state index is -0.160. The molecule has 136 valence electrons. The van der Waals surface area contributed by atoms with Crippen LogP contribution in [0.5, 0.6) is 0 Å². The number of aromatic nitrogens is 2. The van der Waals surface area contributed by atoms with Crippen LogP contribution >= 0.6 is 0 Å². The van der Waals surface area contributed by atoms with Gasteiger partial charge in [0.25, 0.3) is 5.91 Å². The summed E-state index contributed by atoms with van der Waals surface area (Å²) in [4.78, 5) is 26.8. The van der Waals surface area contributed by atoms with E-state index in [1.165, 1.54) is 5.56 Å². The Bertz CT molecular complexity index is 1010. The third-order valence-corrected chi connectivity index (χ3v) is 4.38. The molecule has 1 aromatic heterocycles. The van der Waals surface area contributed by atoms with Crippen molar-refractivity contribution in [1.29, 1.82) is 0 Å². The maximum Gasteiger partial charge on any atom is 0.256 e. The third-order valence-electron chi connectivity index (χ3n) is 4.38. The van der Waals surface area contributed by atoms with Crippen LogP contribution in [-0.2, 0) is 6.54 Å². The molecule has 1 amide bonds. The highest BCUT2D eigenvalue weighted by molar-refractivity contribution is 6.14. The Hall–Kier alpha value is -3.25. The molecule has 0 saturated carbocycles. The molecule has 6 nitrogen and oxygen atoms in total. The topological polar surface area (TPSA) is 73.4 Å². The predicted octanol–water partition coefficient (Wildman–Crippen LogP) is 2.85. The molecule has 4 rings (SSSR count). The van der Waals surface area contributed by atoms with Crippen LogP contribution < -0.4 is 5.32 Å². The summed E-state index contributed by atoms with van der Waals surface area (Å²) in [7, 11) is 4.04. The van der Waals surface area contributed by atoms with Crippen molar-refractivity contribution in [3.63, 3.8) is 0 Å². The van der Waals surface area contributed by atoms with Crippen molar-refractivity contribution in [2.75, 3.05) is 20.6 Å². The second kappa shape index (κ2) is 7.17. The van der Waals surface area contributed by atoms with Gasteiger partial charge in [0.2, 0.25) is 0 Å². The van der Waals surface area contributed by atoms with Gasteiger partial charge in [0, 0.05) is 17.7 Å². The molecular formula is C21H21N5O. The number of aromatic amines is 1. The predicted molar refractivity (Wildman–Crippen MR) is 108 cm³/mol. The molecule has 0 fully saturated rings. The lowest BCUT2D eigenvalue weighted by Gasteiger charge is -2.10. The Labute approximate surface area is 157 Å². The molecule has 2 heterocycles. The zero-order valence-electron chi connectivity index (χ0n) is 15.4. The number of carbonyl (C=O) groups is 1. The monoisotopic (exact) mass is 359 g/mol. The van der Waals surface area contributed by atoms with E-state index in [2.05, 4.69) is 25.2 Å². The van der Waals surface area contributed by atoms with Crippen LogP contribution in [0.15, 0.2) is 59.6 Å². The molecule has 1 aliphatic heterocycles. The number of carbonyl (C=O) groups excluding carboxylic acids is 1. The Morgan fingerprint density at radius 3 is 2.67 bits per heavy atom. The number of amidine groups is 1. The number of nitrogens with one attached hydrogen (secondary N) is 2. The van der Waals surface area contributed by atoms with E-state index in [-0.39, 0.29) is 5.91 Å². The van der Waals surface area contributed by atoms with Crippen molar-refractivity contribution in [2.24, 2.45) is 4.99 Å². The van der Waals surface area contributed by atoms with Crippen molar-refractivity contribution in [3.05, 3.63) is 71.6 Å². The number of hydrogen-bond donors (Lipinski definition) is 2. The summed E-state index contributed by atoms with van der Waals surface area (Å²) in [6.07, 6.45) is 1.87. The van der Waals surface area contributed by atoms with Crippen LogP contribution in [-0.4, -0.2) is 47.3 Å². The standard InChI is InChI=1S/C21H21N5O/c1-26(2)13-14-7-9-15(10-8-14)21(27)25-19-11-16(12-22-19)20-23-17-5-3-4-6-18(17)24-20/h3-11H,12-13H2,1-2H3,(H,23,24)(H,22,25,27). The fourth-order valence-electron chi connectivity index (χ4n) is 3.07. The molecule has 0 bridgehead atoms. The van der Waals surface area contributed by atoms with Crippen LogP contribution in [0.4, 0.5) is 0 Å². The zero-order valence-corrected chi connectivity index (χ0v) is 15.4. The molecule has 0 aliphatic carbocycles. The molecule has 6 heteroatoms. The first-order chi connectivity index (χ1) is 13.1. The van der Waals surface area contributed by atoms with Crippen molar-refractivity contribution < 1.29 is 4.79 Å².